The van der Waals surface area contributed by atoms with E-state index in [0.717, 1.165) is 0 Å². The lowest BCUT2D eigenvalue weighted by Gasteiger charge is -2.10. The molecule has 0 unspecified atom stereocenters. The van der Waals surface area contributed by atoms with Gasteiger partial charge in [0.1, 0.15) is 23.5 Å². The molecule has 0 amide bonds. The maximum atomic E-state index is 13.8. The molecule has 2 rings (SSSR count). The molecular formula is C17H9ClFN3O. The van der Waals surface area contributed by atoms with Gasteiger partial charge in [-0.15, -0.1) is 0 Å². The summed E-state index contributed by atoms with van der Waals surface area (Å²) >= 11 is 5.91. The predicted octanol–water partition coefficient (Wildman–Crippen LogP) is 4.05. The number of hydrogen-bond acceptors (Lipinski definition) is 4. The second-order valence-corrected chi connectivity index (χ2v) is 4.86. The lowest BCUT2D eigenvalue weighted by atomic mass is 10.0. The maximum absolute atomic E-state index is 13.8. The number of ketones is 1. The lowest BCUT2D eigenvalue weighted by Crippen LogP contribution is -2.07. The van der Waals surface area contributed by atoms with Gasteiger partial charge in [-0.3, -0.25) is 4.79 Å². The van der Waals surface area contributed by atoms with E-state index in [0.29, 0.717) is 10.7 Å². The minimum atomic E-state index is -0.645. The zero-order valence-corrected chi connectivity index (χ0v) is 12.4. The number of halogens is 2. The molecule has 2 aromatic carbocycles. The first kappa shape index (κ1) is 16.2. The van der Waals surface area contributed by atoms with Crippen molar-refractivity contribution in [3.63, 3.8) is 0 Å². The third-order valence-corrected chi connectivity index (χ3v) is 3.19. The first-order valence-electron chi connectivity index (χ1n) is 6.42. The van der Waals surface area contributed by atoms with Crippen LogP contribution in [0.2, 0.25) is 5.02 Å². The molecule has 6 heteroatoms. The molecule has 0 saturated carbocycles. The number of carbonyl (C=O) groups excluding carboxylic acids is 1. The number of benzene rings is 2. The third kappa shape index (κ3) is 3.74. The largest absolute Gasteiger partial charge is 0.359 e. The zero-order chi connectivity index (χ0) is 16.8. The van der Waals surface area contributed by atoms with E-state index in [1.54, 1.807) is 18.2 Å². The molecule has 112 valence electrons. The Morgan fingerprint density at radius 1 is 1.13 bits per heavy atom. The van der Waals surface area contributed by atoms with Gasteiger partial charge in [0, 0.05) is 22.5 Å². The van der Waals surface area contributed by atoms with E-state index in [2.05, 4.69) is 5.32 Å². The summed E-state index contributed by atoms with van der Waals surface area (Å²) in [7, 11) is 0. The molecule has 0 heterocycles. The number of rotatable bonds is 4. The van der Waals surface area contributed by atoms with Gasteiger partial charge in [-0.25, -0.2) is 4.39 Å². The summed E-state index contributed by atoms with van der Waals surface area (Å²) in [6.07, 6.45) is 1.17. The van der Waals surface area contributed by atoms with E-state index < -0.39 is 11.6 Å². The molecule has 0 radical (unpaired) electrons. The maximum Gasteiger partial charge on any atom is 0.198 e. The molecule has 0 bridgehead atoms. The average molecular weight is 326 g/mol. The normalized spacial score (nSPS) is 9.39. The highest BCUT2D eigenvalue weighted by molar-refractivity contribution is 6.31. The van der Waals surface area contributed by atoms with Crippen LogP contribution in [0, 0.1) is 28.5 Å². The second kappa shape index (κ2) is 7.22. The van der Waals surface area contributed by atoms with Crippen LogP contribution in [0.15, 0.2) is 54.2 Å². The van der Waals surface area contributed by atoms with E-state index in [9.17, 15) is 9.18 Å². The van der Waals surface area contributed by atoms with Crippen molar-refractivity contribution < 1.29 is 9.18 Å². The molecule has 0 fully saturated rings. The van der Waals surface area contributed by atoms with Crippen LogP contribution in [0.1, 0.15) is 15.9 Å². The molecule has 0 aromatic heterocycles. The Balaban J connectivity index is 2.47. The van der Waals surface area contributed by atoms with Gasteiger partial charge in [0.15, 0.2) is 5.78 Å². The third-order valence-electron chi connectivity index (χ3n) is 2.96. The molecule has 1 N–H and O–H groups in total. The first-order chi connectivity index (χ1) is 11.1. The Morgan fingerprint density at radius 2 is 1.83 bits per heavy atom. The van der Waals surface area contributed by atoms with Crippen LogP contribution >= 0.6 is 11.6 Å². The average Bonchev–Trinajstić information content (AvgIpc) is 2.56. The highest BCUT2D eigenvalue weighted by Crippen LogP contribution is 2.24. The topological polar surface area (TPSA) is 76.7 Å². The van der Waals surface area contributed by atoms with Crippen LogP contribution in [0.25, 0.3) is 0 Å². The monoisotopic (exact) mass is 325 g/mol. The van der Waals surface area contributed by atoms with Gasteiger partial charge in [0.05, 0.1) is 5.56 Å². The van der Waals surface area contributed by atoms with Gasteiger partial charge in [-0.2, -0.15) is 10.5 Å². The zero-order valence-electron chi connectivity index (χ0n) is 11.7. The molecule has 0 atom stereocenters. The summed E-state index contributed by atoms with van der Waals surface area (Å²) < 4.78 is 13.8. The van der Waals surface area contributed by atoms with Crippen molar-refractivity contribution in [2.24, 2.45) is 0 Å². The van der Waals surface area contributed by atoms with Crippen molar-refractivity contribution in [2.75, 3.05) is 5.32 Å². The molecule has 4 nitrogen and oxygen atoms in total. The van der Waals surface area contributed by atoms with Crippen molar-refractivity contribution >= 4 is 23.1 Å². The van der Waals surface area contributed by atoms with Crippen LogP contribution in [0.5, 0.6) is 0 Å². The molecule has 0 spiro atoms. The van der Waals surface area contributed by atoms with Gasteiger partial charge in [-0.1, -0.05) is 23.7 Å². The second-order valence-electron chi connectivity index (χ2n) is 4.42. The summed E-state index contributed by atoms with van der Waals surface area (Å²) in [5, 5.41) is 20.5. The smallest absolute Gasteiger partial charge is 0.198 e. The summed E-state index contributed by atoms with van der Waals surface area (Å²) in [6.45, 7) is 0. The predicted molar refractivity (Wildman–Crippen MR) is 84.2 cm³/mol. The molecule has 0 aliphatic rings. The Hall–Kier alpha value is -3.15. The van der Waals surface area contributed by atoms with Gasteiger partial charge in [0.25, 0.3) is 0 Å². The fourth-order valence-corrected chi connectivity index (χ4v) is 2.03. The van der Waals surface area contributed by atoms with E-state index >= 15 is 0 Å². The van der Waals surface area contributed by atoms with Gasteiger partial charge in [0.2, 0.25) is 0 Å². The Morgan fingerprint density at radius 3 is 2.48 bits per heavy atom. The lowest BCUT2D eigenvalue weighted by molar-refractivity contribution is 0.103. The van der Waals surface area contributed by atoms with E-state index in [-0.39, 0.29) is 16.7 Å². The fourth-order valence-electron chi connectivity index (χ4n) is 1.86. The highest BCUT2D eigenvalue weighted by Gasteiger charge is 2.17. The molecule has 0 aliphatic heterocycles. The van der Waals surface area contributed by atoms with Crippen LogP contribution in [0.3, 0.4) is 0 Å². The molecular weight excluding hydrogens is 317 g/mol. The van der Waals surface area contributed by atoms with Crippen molar-refractivity contribution in [1.82, 2.24) is 0 Å². The van der Waals surface area contributed by atoms with Gasteiger partial charge >= 0.3 is 0 Å². The number of anilines is 1. The molecule has 0 aliphatic carbocycles. The van der Waals surface area contributed by atoms with Crippen LogP contribution in [-0.2, 0) is 0 Å². The summed E-state index contributed by atoms with van der Waals surface area (Å²) in [6, 6.07) is 13.4. The van der Waals surface area contributed by atoms with E-state index in [1.807, 2.05) is 0 Å². The highest BCUT2D eigenvalue weighted by atomic mass is 35.5. The fraction of sp³-hybridized carbons (Fsp3) is 0. The summed E-state index contributed by atoms with van der Waals surface area (Å²) in [4.78, 5) is 12.5. The number of nitrogens with one attached hydrogen (secondary N) is 1. The van der Waals surface area contributed by atoms with Crippen LogP contribution in [0.4, 0.5) is 10.1 Å². The first-order valence-corrected chi connectivity index (χ1v) is 6.80. The van der Waals surface area contributed by atoms with Crippen molar-refractivity contribution in [3.05, 3.63) is 76.2 Å². The Bertz CT molecular complexity index is 862. The van der Waals surface area contributed by atoms with Crippen LogP contribution in [-0.4, -0.2) is 5.78 Å². The molecule has 0 saturated heterocycles. The molecule has 23 heavy (non-hydrogen) atoms. The Labute approximate surface area is 137 Å². The minimum absolute atomic E-state index is 0.0948. The van der Waals surface area contributed by atoms with E-state index in [4.69, 9.17) is 22.1 Å². The van der Waals surface area contributed by atoms with E-state index in [1.165, 1.54) is 42.6 Å². The van der Waals surface area contributed by atoms with Crippen LogP contribution < -0.4 is 5.32 Å². The number of carbonyl (C=O) groups is 1. The SMILES string of the molecule is N#CC(C#N)=CNc1ccc(Cl)cc1C(=O)c1ccccc1F. The molecule has 2 aromatic rings. The van der Waals surface area contributed by atoms with Gasteiger partial charge in [-0.05, 0) is 30.3 Å². The quantitative estimate of drug-likeness (QED) is 0.679. The summed E-state index contributed by atoms with van der Waals surface area (Å²) in [5.74, 6) is -1.20. The van der Waals surface area contributed by atoms with Crippen molar-refractivity contribution in [1.29, 1.82) is 10.5 Å². The Kier molecular flexibility index (Phi) is 5.09. The van der Waals surface area contributed by atoms with Crippen molar-refractivity contribution in [2.45, 2.75) is 0 Å². The number of hydrogen-bond donors (Lipinski definition) is 1. The number of allylic oxidation sites excluding steroid dienone is 1. The standard InChI is InChI=1S/C17H9ClFN3O/c18-12-5-6-16(22-10-11(8-20)9-21)14(7-12)17(23)13-3-1-2-4-15(13)19/h1-7,10,22H. The minimum Gasteiger partial charge on any atom is -0.359 e. The van der Waals surface area contributed by atoms with Crippen molar-refractivity contribution in [3.8, 4) is 12.1 Å². The number of nitriles is 2. The van der Waals surface area contributed by atoms with Gasteiger partial charge < -0.3 is 5.32 Å². The summed E-state index contributed by atoms with van der Waals surface area (Å²) in [5.41, 5.74) is 0.187. The number of nitrogens with zero attached hydrogens (tertiary/aromatic N) is 2.